The molecule has 1 aromatic carbocycles. The lowest BCUT2D eigenvalue weighted by Crippen LogP contribution is -2.18. The van der Waals surface area contributed by atoms with Crippen LogP contribution >= 0.6 is 0 Å². The summed E-state index contributed by atoms with van der Waals surface area (Å²) in [7, 11) is 1.50. The average Bonchev–Trinajstić information content (AvgIpc) is 2.36. The first kappa shape index (κ1) is 13.2. The van der Waals surface area contributed by atoms with E-state index >= 15 is 0 Å². The molecule has 2 N–H and O–H groups in total. The van der Waals surface area contributed by atoms with Gasteiger partial charge in [-0.15, -0.1) is 6.58 Å². The molecule has 2 aromatic rings. The molecule has 0 unspecified atom stereocenters. The van der Waals surface area contributed by atoms with Crippen molar-refractivity contribution in [3.63, 3.8) is 0 Å². The Bertz CT molecular complexity index is 629. The van der Waals surface area contributed by atoms with Gasteiger partial charge in [0, 0.05) is 12.5 Å². The van der Waals surface area contributed by atoms with Crippen molar-refractivity contribution in [3.05, 3.63) is 36.5 Å². The number of aromatic nitrogens is 2. The van der Waals surface area contributed by atoms with Crippen LogP contribution in [-0.2, 0) is 5.92 Å². The number of nitrogens with zero attached hydrogens (tertiary/aromatic N) is 2. The molecule has 0 spiro atoms. The summed E-state index contributed by atoms with van der Waals surface area (Å²) in [5, 5.41) is 0. The number of benzene rings is 1. The zero-order chi connectivity index (χ0) is 14.0. The van der Waals surface area contributed by atoms with Gasteiger partial charge in [-0.3, -0.25) is 0 Å². The highest BCUT2D eigenvalue weighted by Crippen LogP contribution is 2.34. The highest BCUT2D eigenvalue weighted by molar-refractivity contribution is 5.78. The molecule has 4 nitrogen and oxygen atoms in total. The Hall–Kier alpha value is -2.24. The second-order valence-corrected chi connectivity index (χ2v) is 4.01. The SMILES string of the molecule is C=CCC(F)(F)c1nc2ccc(OC)cc2nc1N. The lowest BCUT2D eigenvalue weighted by molar-refractivity contribution is -0.00449. The van der Waals surface area contributed by atoms with E-state index in [-0.39, 0.29) is 5.82 Å². The topological polar surface area (TPSA) is 61.0 Å². The summed E-state index contributed by atoms with van der Waals surface area (Å²) in [4.78, 5) is 7.85. The van der Waals surface area contributed by atoms with Crippen LogP contribution in [0.1, 0.15) is 12.1 Å². The number of halogens is 2. The molecular formula is C13H13F2N3O. The zero-order valence-corrected chi connectivity index (χ0v) is 10.4. The van der Waals surface area contributed by atoms with E-state index in [0.29, 0.717) is 16.8 Å². The molecule has 6 heteroatoms. The summed E-state index contributed by atoms with van der Waals surface area (Å²) >= 11 is 0. The fraction of sp³-hybridized carbons (Fsp3) is 0.231. The van der Waals surface area contributed by atoms with E-state index in [4.69, 9.17) is 10.5 Å². The van der Waals surface area contributed by atoms with Gasteiger partial charge in [0.2, 0.25) is 0 Å². The number of fused-ring (bicyclic) bond motifs is 1. The molecule has 0 saturated carbocycles. The molecule has 0 atom stereocenters. The maximum absolute atomic E-state index is 13.8. The Morgan fingerprint density at radius 2 is 2.11 bits per heavy atom. The first-order valence-corrected chi connectivity index (χ1v) is 5.58. The minimum Gasteiger partial charge on any atom is -0.497 e. The van der Waals surface area contributed by atoms with Crippen LogP contribution < -0.4 is 10.5 Å². The molecule has 0 fully saturated rings. The standard InChI is InChI=1S/C13H13F2N3O/c1-3-6-13(14,15)11-12(16)18-10-7-8(19-2)4-5-9(10)17-11/h3-5,7H,1,6H2,2H3,(H2,16,18). The summed E-state index contributed by atoms with van der Waals surface area (Å²) in [6.07, 6.45) is 0.590. The van der Waals surface area contributed by atoms with E-state index in [2.05, 4.69) is 16.5 Å². The third kappa shape index (κ3) is 2.47. The van der Waals surface area contributed by atoms with Crippen molar-refractivity contribution in [1.29, 1.82) is 0 Å². The lowest BCUT2D eigenvalue weighted by Gasteiger charge is -2.15. The second kappa shape index (κ2) is 4.79. The Kier molecular flexibility index (Phi) is 3.33. The highest BCUT2D eigenvalue weighted by Gasteiger charge is 2.35. The number of nitrogens with two attached hydrogens (primary N) is 1. The summed E-state index contributed by atoms with van der Waals surface area (Å²) in [5.74, 6) is -2.90. The predicted molar refractivity (Wildman–Crippen MR) is 69.2 cm³/mol. The van der Waals surface area contributed by atoms with Crippen molar-refractivity contribution < 1.29 is 13.5 Å². The minimum absolute atomic E-state index is 0.285. The molecule has 0 radical (unpaired) electrons. The fourth-order valence-corrected chi connectivity index (χ4v) is 1.72. The van der Waals surface area contributed by atoms with Crippen LogP contribution in [0.3, 0.4) is 0 Å². The Labute approximate surface area is 108 Å². The van der Waals surface area contributed by atoms with Crippen LogP contribution in [0.4, 0.5) is 14.6 Å². The summed E-state index contributed by atoms with van der Waals surface area (Å²) in [6, 6.07) is 4.78. The Morgan fingerprint density at radius 3 is 2.74 bits per heavy atom. The number of anilines is 1. The van der Waals surface area contributed by atoms with Gasteiger partial charge in [0.25, 0.3) is 5.92 Å². The van der Waals surface area contributed by atoms with Crippen molar-refractivity contribution in [2.75, 3.05) is 12.8 Å². The fourth-order valence-electron chi connectivity index (χ4n) is 1.72. The number of methoxy groups -OCH3 is 1. The normalized spacial score (nSPS) is 11.5. The van der Waals surface area contributed by atoms with Crippen LogP contribution in [0.5, 0.6) is 5.75 Å². The van der Waals surface area contributed by atoms with Crippen LogP contribution in [0.15, 0.2) is 30.9 Å². The van der Waals surface area contributed by atoms with Crippen LogP contribution in [0, 0.1) is 0 Å². The third-order valence-electron chi connectivity index (χ3n) is 2.65. The molecule has 0 bridgehead atoms. The summed E-state index contributed by atoms with van der Waals surface area (Å²) < 4.78 is 32.7. The minimum atomic E-state index is -3.17. The second-order valence-electron chi connectivity index (χ2n) is 4.01. The van der Waals surface area contributed by atoms with Gasteiger partial charge in [0.1, 0.15) is 5.75 Å². The van der Waals surface area contributed by atoms with E-state index in [1.807, 2.05) is 0 Å². The maximum Gasteiger partial charge on any atom is 0.296 e. The quantitative estimate of drug-likeness (QED) is 0.863. The van der Waals surface area contributed by atoms with Crippen LogP contribution in [0.2, 0.25) is 0 Å². The molecule has 100 valence electrons. The average molecular weight is 265 g/mol. The molecular weight excluding hydrogens is 252 g/mol. The van der Waals surface area contributed by atoms with Gasteiger partial charge in [0.15, 0.2) is 11.5 Å². The molecule has 19 heavy (non-hydrogen) atoms. The van der Waals surface area contributed by atoms with Crippen molar-refractivity contribution in [1.82, 2.24) is 9.97 Å². The predicted octanol–water partition coefficient (Wildman–Crippen LogP) is 2.89. The first-order valence-electron chi connectivity index (χ1n) is 5.58. The molecule has 2 rings (SSSR count). The summed E-state index contributed by atoms with van der Waals surface area (Å²) in [5.41, 5.74) is 5.80. The van der Waals surface area contributed by atoms with E-state index in [9.17, 15) is 8.78 Å². The summed E-state index contributed by atoms with van der Waals surface area (Å²) in [6.45, 7) is 3.30. The number of nitrogen functional groups attached to an aromatic ring is 1. The number of rotatable bonds is 4. The van der Waals surface area contributed by atoms with E-state index in [1.165, 1.54) is 7.11 Å². The van der Waals surface area contributed by atoms with Crippen molar-refractivity contribution in [3.8, 4) is 5.75 Å². The van der Waals surface area contributed by atoms with Crippen molar-refractivity contribution in [2.45, 2.75) is 12.3 Å². The number of hydrogen-bond donors (Lipinski definition) is 1. The van der Waals surface area contributed by atoms with Gasteiger partial charge in [-0.25, -0.2) is 9.97 Å². The van der Waals surface area contributed by atoms with Gasteiger partial charge in [-0.1, -0.05) is 6.08 Å². The van der Waals surface area contributed by atoms with Crippen LogP contribution in [-0.4, -0.2) is 17.1 Å². The molecule has 0 amide bonds. The monoisotopic (exact) mass is 265 g/mol. The van der Waals surface area contributed by atoms with Gasteiger partial charge < -0.3 is 10.5 Å². The first-order chi connectivity index (χ1) is 8.97. The van der Waals surface area contributed by atoms with E-state index in [0.717, 1.165) is 6.08 Å². The largest absolute Gasteiger partial charge is 0.497 e. The maximum atomic E-state index is 13.8. The van der Waals surface area contributed by atoms with Gasteiger partial charge in [-0.05, 0) is 12.1 Å². The molecule has 0 aliphatic rings. The third-order valence-corrected chi connectivity index (χ3v) is 2.65. The number of alkyl halides is 2. The molecule has 0 aliphatic carbocycles. The van der Waals surface area contributed by atoms with Gasteiger partial charge in [0.05, 0.1) is 18.1 Å². The molecule has 1 aromatic heterocycles. The Balaban J connectivity index is 2.59. The lowest BCUT2D eigenvalue weighted by atomic mass is 10.1. The van der Waals surface area contributed by atoms with Crippen LogP contribution in [0.25, 0.3) is 11.0 Å². The highest BCUT2D eigenvalue weighted by atomic mass is 19.3. The molecule has 0 saturated heterocycles. The molecule has 0 aliphatic heterocycles. The van der Waals surface area contributed by atoms with Gasteiger partial charge >= 0.3 is 0 Å². The smallest absolute Gasteiger partial charge is 0.296 e. The molecule has 1 heterocycles. The number of hydrogen-bond acceptors (Lipinski definition) is 4. The van der Waals surface area contributed by atoms with Crippen molar-refractivity contribution in [2.24, 2.45) is 0 Å². The van der Waals surface area contributed by atoms with E-state index < -0.39 is 18.0 Å². The van der Waals surface area contributed by atoms with E-state index in [1.54, 1.807) is 18.2 Å². The number of ether oxygens (including phenoxy) is 1. The van der Waals surface area contributed by atoms with Gasteiger partial charge in [-0.2, -0.15) is 8.78 Å². The zero-order valence-electron chi connectivity index (χ0n) is 10.4. The van der Waals surface area contributed by atoms with Crippen molar-refractivity contribution >= 4 is 16.9 Å². The Morgan fingerprint density at radius 1 is 1.37 bits per heavy atom. The number of allylic oxidation sites excluding steroid dienone is 1.